The van der Waals surface area contributed by atoms with Gasteiger partial charge in [-0.2, -0.15) is 0 Å². The molecule has 0 N–H and O–H groups in total. The smallest absolute Gasteiger partial charge is 0.289 e. The molecule has 118 valence electrons. The van der Waals surface area contributed by atoms with Crippen molar-refractivity contribution in [3.8, 4) is 0 Å². The molecular formula is C18H18N2O3. The highest BCUT2D eigenvalue weighted by molar-refractivity contribution is 6.01. The average Bonchev–Trinajstić information content (AvgIpc) is 3.26. The quantitative estimate of drug-likeness (QED) is 0.770. The Morgan fingerprint density at radius 3 is 2.83 bits per heavy atom. The zero-order valence-corrected chi connectivity index (χ0v) is 12.7. The first kappa shape index (κ1) is 15.1. The minimum atomic E-state index is -0.174. The fourth-order valence-electron chi connectivity index (χ4n) is 2.53. The summed E-state index contributed by atoms with van der Waals surface area (Å²) in [7, 11) is 0. The third-order valence-corrected chi connectivity index (χ3v) is 3.63. The molecule has 0 fully saturated rings. The van der Waals surface area contributed by atoms with Gasteiger partial charge in [0.2, 0.25) is 0 Å². The van der Waals surface area contributed by atoms with Crippen LogP contribution in [0.1, 0.15) is 22.5 Å². The molecule has 0 aliphatic carbocycles. The second-order valence-electron chi connectivity index (χ2n) is 5.31. The summed E-state index contributed by atoms with van der Waals surface area (Å²) in [6.07, 6.45) is 3.68. The van der Waals surface area contributed by atoms with Crippen LogP contribution in [0.5, 0.6) is 0 Å². The Labute approximate surface area is 134 Å². The molecule has 5 nitrogen and oxygen atoms in total. The molecule has 1 aromatic heterocycles. The number of furan rings is 1. The summed E-state index contributed by atoms with van der Waals surface area (Å²) in [6, 6.07) is 13.2. The minimum absolute atomic E-state index is 0.163. The van der Waals surface area contributed by atoms with Crippen LogP contribution in [-0.2, 0) is 4.84 Å². The van der Waals surface area contributed by atoms with Gasteiger partial charge in [0.1, 0.15) is 0 Å². The van der Waals surface area contributed by atoms with E-state index in [-0.39, 0.29) is 12.0 Å². The number of amides is 1. The molecule has 1 aliphatic rings. The molecule has 1 aliphatic heterocycles. The lowest BCUT2D eigenvalue weighted by Gasteiger charge is -2.22. The summed E-state index contributed by atoms with van der Waals surface area (Å²) < 4.78 is 5.18. The third kappa shape index (κ3) is 3.51. The van der Waals surface area contributed by atoms with E-state index in [2.05, 4.69) is 11.7 Å². The maximum Gasteiger partial charge on any atom is 0.289 e. The van der Waals surface area contributed by atoms with Gasteiger partial charge in [-0.15, -0.1) is 6.58 Å². The summed E-state index contributed by atoms with van der Waals surface area (Å²) in [5, 5.41) is 4.15. The number of carbonyl (C=O) groups is 1. The fourth-order valence-corrected chi connectivity index (χ4v) is 2.53. The Bertz CT molecular complexity index is 692. The Hall–Kier alpha value is -2.82. The van der Waals surface area contributed by atoms with Crippen molar-refractivity contribution in [2.75, 3.05) is 13.1 Å². The number of carbonyl (C=O) groups excluding carboxylic acids is 1. The number of hydrogen-bond donors (Lipinski definition) is 0. The molecule has 0 radical (unpaired) electrons. The Morgan fingerprint density at radius 2 is 2.13 bits per heavy atom. The van der Waals surface area contributed by atoms with E-state index in [1.165, 1.54) is 6.26 Å². The van der Waals surface area contributed by atoms with Crippen molar-refractivity contribution in [2.45, 2.75) is 12.5 Å². The number of oxime groups is 1. The van der Waals surface area contributed by atoms with Crippen LogP contribution < -0.4 is 0 Å². The maximum absolute atomic E-state index is 12.4. The number of nitrogens with zero attached hydrogens (tertiary/aromatic N) is 2. The molecule has 2 heterocycles. The highest BCUT2D eigenvalue weighted by atomic mass is 16.6. The molecule has 3 rings (SSSR count). The second-order valence-corrected chi connectivity index (χ2v) is 5.31. The van der Waals surface area contributed by atoms with Crippen LogP contribution in [0.15, 0.2) is 71.0 Å². The topological polar surface area (TPSA) is 55.0 Å². The molecule has 2 aromatic rings. The lowest BCUT2D eigenvalue weighted by molar-refractivity contribution is 0.0432. The van der Waals surface area contributed by atoms with E-state index in [0.29, 0.717) is 25.3 Å². The number of hydrogen-bond acceptors (Lipinski definition) is 4. The van der Waals surface area contributed by atoms with Crippen LogP contribution in [0.2, 0.25) is 0 Å². The van der Waals surface area contributed by atoms with E-state index >= 15 is 0 Å². The van der Waals surface area contributed by atoms with Gasteiger partial charge >= 0.3 is 0 Å². The van der Waals surface area contributed by atoms with Crippen LogP contribution in [0.3, 0.4) is 0 Å². The lowest BCUT2D eigenvalue weighted by atomic mass is 10.0. The summed E-state index contributed by atoms with van der Waals surface area (Å²) in [5.41, 5.74) is 1.95. The van der Waals surface area contributed by atoms with E-state index < -0.39 is 0 Å². The van der Waals surface area contributed by atoms with E-state index in [9.17, 15) is 4.79 Å². The molecular weight excluding hydrogens is 292 g/mol. The molecule has 1 unspecified atom stereocenters. The molecule has 0 saturated heterocycles. The summed E-state index contributed by atoms with van der Waals surface area (Å²) in [4.78, 5) is 19.6. The predicted octanol–water partition coefficient (Wildman–Crippen LogP) is 3.10. The standard InChI is InChI=1S/C18H18N2O3/c1-2-10-20(18(21)17-9-6-11-22-17)13-15-12-16(19-23-15)14-7-4-3-5-8-14/h2-9,11,15H,1,10,12-13H2. The Balaban J connectivity index is 1.64. The van der Waals surface area contributed by atoms with Gasteiger partial charge in [0, 0.05) is 13.0 Å². The first-order valence-electron chi connectivity index (χ1n) is 7.49. The average molecular weight is 310 g/mol. The molecule has 5 heteroatoms. The van der Waals surface area contributed by atoms with Gasteiger partial charge in [-0.05, 0) is 17.7 Å². The van der Waals surface area contributed by atoms with Gasteiger partial charge < -0.3 is 14.2 Å². The van der Waals surface area contributed by atoms with Crippen molar-refractivity contribution in [3.63, 3.8) is 0 Å². The van der Waals surface area contributed by atoms with Crippen LogP contribution >= 0.6 is 0 Å². The molecule has 0 spiro atoms. The summed E-state index contributed by atoms with van der Waals surface area (Å²) in [6.45, 7) is 4.57. The molecule has 0 saturated carbocycles. The zero-order valence-electron chi connectivity index (χ0n) is 12.7. The van der Waals surface area contributed by atoms with Gasteiger partial charge in [0.05, 0.1) is 18.5 Å². The van der Waals surface area contributed by atoms with E-state index in [1.54, 1.807) is 23.1 Å². The number of benzene rings is 1. The second kappa shape index (κ2) is 6.96. The van der Waals surface area contributed by atoms with Gasteiger partial charge in [-0.1, -0.05) is 41.6 Å². The van der Waals surface area contributed by atoms with Gasteiger partial charge in [0.25, 0.3) is 5.91 Å². The van der Waals surface area contributed by atoms with Crippen molar-refractivity contribution in [1.29, 1.82) is 0 Å². The first-order valence-corrected chi connectivity index (χ1v) is 7.49. The van der Waals surface area contributed by atoms with Gasteiger partial charge in [-0.25, -0.2) is 0 Å². The van der Waals surface area contributed by atoms with Gasteiger partial charge in [0.15, 0.2) is 11.9 Å². The van der Waals surface area contributed by atoms with Crippen molar-refractivity contribution < 1.29 is 14.0 Å². The summed E-state index contributed by atoms with van der Waals surface area (Å²) in [5.74, 6) is 0.140. The maximum atomic E-state index is 12.4. The molecule has 1 aromatic carbocycles. The van der Waals surface area contributed by atoms with Crippen LogP contribution in [0.4, 0.5) is 0 Å². The predicted molar refractivity (Wildman–Crippen MR) is 87.3 cm³/mol. The SMILES string of the molecule is C=CCN(CC1CC(c2ccccc2)=NO1)C(=O)c1ccco1. The first-order chi connectivity index (χ1) is 11.3. The van der Waals surface area contributed by atoms with E-state index in [1.807, 2.05) is 30.3 Å². The molecule has 0 bridgehead atoms. The van der Waals surface area contributed by atoms with E-state index in [0.717, 1.165) is 11.3 Å². The Kier molecular flexibility index (Phi) is 4.57. The fraction of sp³-hybridized carbons (Fsp3) is 0.222. The summed E-state index contributed by atoms with van der Waals surface area (Å²) >= 11 is 0. The third-order valence-electron chi connectivity index (χ3n) is 3.63. The Morgan fingerprint density at radius 1 is 1.30 bits per heavy atom. The lowest BCUT2D eigenvalue weighted by Crippen LogP contribution is -2.37. The molecule has 1 atom stereocenters. The zero-order chi connectivity index (χ0) is 16.1. The minimum Gasteiger partial charge on any atom is -0.459 e. The van der Waals surface area contributed by atoms with Crippen LogP contribution in [0.25, 0.3) is 0 Å². The van der Waals surface area contributed by atoms with Crippen LogP contribution in [-0.4, -0.2) is 35.7 Å². The largest absolute Gasteiger partial charge is 0.459 e. The van der Waals surface area contributed by atoms with Crippen LogP contribution in [0, 0.1) is 0 Å². The normalized spacial score (nSPS) is 16.5. The van der Waals surface area contributed by atoms with E-state index in [4.69, 9.17) is 9.25 Å². The highest BCUT2D eigenvalue weighted by Gasteiger charge is 2.27. The monoisotopic (exact) mass is 310 g/mol. The molecule has 1 amide bonds. The van der Waals surface area contributed by atoms with Crippen molar-refractivity contribution in [3.05, 3.63) is 72.7 Å². The van der Waals surface area contributed by atoms with Gasteiger partial charge in [-0.3, -0.25) is 4.79 Å². The number of rotatable bonds is 6. The van der Waals surface area contributed by atoms with Crippen molar-refractivity contribution in [2.24, 2.45) is 5.16 Å². The van der Waals surface area contributed by atoms with Crippen molar-refractivity contribution in [1.82, 2.24) is 4.90 Å². The molecule has 23 heavy (non-hydrogen) atoms. The highest BCUT2D eigenvalue weighted by Crippen LogP contribution is 2.18. The van der Waals surface area contributed by atoms with Crippen molar-refractivity contribution >= 4 is 11.6 Å².